The molecular weight excluding hydrogens is 612 g/mol. The van der Waals surface area contributed by atoms with E-state index in [4.69, 9.17) is 34.8 Å². The van der Waals surface area contributed by atoms with E-state index in [1.54, 1.807) is 0 Å². The summed E-state index contributed by atoms with van der Waals surface area (Å²) in [5.74, 6) is -1.39. The fraction of sp³-hybridized carbons (Fsp3) is 0.310. The molecule has 3 rings (SSSR count). The lowest BCUT2D eigenvalue weighted by atomic mass is 10.0. The number of hydrogen-bond acceptors (Lipinski definition) is 4. The Bertz CT molecular complexity index is 1470. The maximum absolute atomic E-state index is 14.0. The Morgan fingerprint density at radius 1 is 0.902 bits per heavy atom. The van der Waals surface area contributed by atoms with Gasteiger partial charge < -0.3 is 10.2 Å². The zero-order valence-corrected chi connectivity index (χ0v) is 25.9. The number of anilines is 1. The molecule has 0 aliphatic carbocycles. The molecule has 2 amide bonds. The lowest BCUT2D eigenvalue weighted by molar-refractivity contribution is -0.140. The highest BCUT2D eigenvalue weighted by Crippen LogP contribution is 2.35. The summed E-state index contributed by atoms with van der Waals surface area (Å²) in [7, 11) is -4.05. The van der Waals surface area contributed by atoms with Gasteiger partial charge in [0.05, 0.1) is 27.0 Å². The lowest BCUT2D eigenvalue weighted by Crippen LogP contribution is -2.53. The van der Waals surface area contributed by atoms with Gasteiger partial charge in [0.25, 0.3) is 0 Å². The number of sulfonamides is 1. The van der Waals surface area contributed by atoms with Gasteiger partial charge in [0.1, 0.15) is 18.4 Å². The summed E-state index contributed by atoms with van der Waals surface area (Å²) in [5.41, 5.74) is 1.30. The number of carbonyl (C=O) groups is 2. The molecule has 1 atom stereocenters. The highest BCUT2D eigenvalue weighted by molar-refractivity contribution is 7.92. The summed E-state index contributed by atoms with van der Waals surface area (Å²) in [6.45, 7) is 3.49. The molecule has 0 spiro atoms. The summed E-state index contributed by atoms with van der Waals surface area (Å²) < 4.78 is 40.3. The topological polar surface area (TPSA) is 86.8 Å². The van der Waals surface area contributed by atoms with Crippen molar-refractivity contribution in [3.05, 3.63) is 98.7 Å². The maximum atomic E-state index is 14.0. The molecule has 0 aliphatic heterocycles. The van der Waals surface area contributed by atoms with E-state index < -0.39 is 40.2 Å². The molecule has 220 valence electrons. The highest BCUT2D eigenvalue weighted by atomic mass is 35.5. The lowest BCUT2D eigenvalue weighted by Gasteiger charge is -2.34. The van der Waals surface area contributed by atoms with Crippen molar-refractivity contribution in [2.45, 2.75) is 32.9 Å². The van der Waals surface area contributed by atoms with Crippen molar-refractivity contribution in [1.29, 1.82) is 0 Å². The third-order valence-corrected chi connectivity index (χ3v) is 8.31. The van der Waals surface area contributed by atoms with Crippen molar-refractivity contribution in [2.75, 3.05) is 23.7 Å². The third kappa shape index (κ3) is 9.33. The third-order valence-electron chi connectivity index (χ3n) is 6.16. The first-order valence-corrected chi connectivity index (χ1v) is 15.7. The molecule has 1 N–H and O–H groups in total. The van der Waals surface area contributed by atoms with E-state index in [2.05, 4.69) is 5.32 Å². The number of rotatable bonds is 12. The van der Waals surface area contributed by atoms with Crippen LogP contribution in [-0.4, -0.2) is 50.5 Å². The second-order valence-corrected chi connectivity index (χ2v) is 13.1. The largest absolute Gasteiger partial charge is 0.354 e. The van der Waals surface area contributed by atoms with Crippen LogP contribution >= 0.6 is 34.8 Å². The Labute approximate surface area is 255 Å². The second kappa shape index (κ2) is 14.4. The van der Waals surface area contributed by atoms with Crippen LogP contribution < -0.4 is 9.62 Å². The van der Waals surface area contributed by atoms with Crippen LogP contribution in [0.25, 0.3) is 0 Å². The molecule has 0 unspecified atom stereocenters. The van der Waals surface area contributed by atoms with E-state index in [0.717, 1.165) is 16.1 Å². The van der Waals surface area contributed by atoms with Crippen LogP contribution in [0.5, 0.6) is 0 Å². The van der Waals surface area contributed by atoms with E-state index >= 15 is 0 Å². The molecule has 41 heavy (non-hydrogen) atoms. The minimum Gasteiger partial charge on any atom is -0.354 e. The molecule has 0 aromatic heterocycles. The molecule has 0 saturated carbocycles. The van der Waals surface area contributed by atoms with E-state index in [-0.39, 0.29) is 39.6 Å². The van der Waals surface area contributed by atoms with Crippen LogP contribution in [0.4, 0.5) is 10.1 Å². The predicted octanol–water partition coefficient (Wildman–Crippen LogP) is 5.96. The van der Waals surface area contributed by atoms with Gasteiger partial charge in [0, 0.05) is 19.5 Å². The van der Waals surface area contributed by atoms with Crippen molar-refractivity contribution in [1.82, 2.24) is 10.2 Å². The first kappa shape index (κ1) is 32.7. The summed E-state index contributed by atoms with van der Waals surface area (Å²) in [4.78, 5) is 28.9. The second-order valence-electron chi connectivity index (χ2n) is 9.98. The van der Waals surface area contributed by atoms with Crippen LogP contribution in [0.15, 0.2) is 66.7 Å². The number of nitrogens with one attached hydrogen (secondary N) is 1. The number of hydrogen-bond donors (Lipinski definition) is 1. The molecule has 3 aromatic rings. The number of amides is 2. The molecule has 0 bridgehead atoms. The van der Waals surface area contributed by atoms with Crippen molar-refractivity contribution in [3.8, 4) is 0 Å². The SMILES string of the molecule is CC(C)CNC(=O)[C@@H](Cc1ccccc1)N(Cc1ccc(F)cc1)C(=O)CN(c1cc(Cl)c(Cl)cc1Cl)S(C)(=O)=O. The fourth-order valence-corrected chi connectivity index (χ4v) is 5.61. The summed E-state index contributed by atoms with van der Waals surface area (Å²) in [5, 5.41) is 3.02. The Hall–Kier alpha value is -2.85. The van der Waals surface area contributed by atoms with E-state index in [9.17, 15) is 22.4 Å². The minimum atomic E-state index is -4.05. The van der Waals surface area contributed by atoms with Crippen molar-refractivity contribution in [2.24, 2.45) is 5.92 Å². The molecule has 12 heteroatoms. The Kier molecular flexibility index (Phi) is 11.4. The Morgan fingerprint density at radius 3 is 2.10 bits per heavy atom. The highest BCUT2D eigenvalue weighted by Gasteiger charge is 2.33. The van der Waals surface area contributed by atoms with Gasteiger partial charge in [-0.3, -0.25) is 13.9 Å². The molecule has 0 heterocycles. The normalized spacial score (nSPS) is 12.2. The quantitative estimate of drug-likeness (QED) is 0.247. The number of benzene rings is 3. The van der Waals surface area contributed by atoms with Crippen molar-refractivity contribution in [3.63, 3.8) is 0 Å². The first-order valence-electron chi connectivity index (χ1n) is 12.7. The van der Waals surface area contributed by atoms with Gasteiger partial charge in [-0.1, -0.05) is 91.1 Å². The minimum absolute atomic E-state index is 0.0294. The van der Waals surface area contributed by atoms with E-state index in [1.807, 2.05) is 44.2 Å². The predicted molar refractivity (Wildman–Crippen MR) is 162 cm³/mol. The molecule has 0 radical (unpaired) electrons. The standard InChI is InChI=1S/C29H31Cl3FN3O4S/c1-19(2)16-34-29(38)27(13-20-7-5-4-6-8-20)35(17-21-9-11-22(33)12-10-21)28(37)18-36(41(3,39)40)26-15-24(31)23(30)14-25(26)32/h4-12,14-15,19,27H,13,16-18H2,1-3H3,(H,34,38)/t27-/m1/s1. The molecule has 3 aromatic carbocycles. The zero-order valence-electron chi connectivity index (χ0n) is 22.8. The van der Waals surface area contributed by atoms with Gasteiger partial charge >= 0.3 is 0 Å². The van der Waals surface area contributed by atoms with Crippen LogP contribution in [0.2, 0.25) is 15.1 Å². The monoisotopic (exact) mass is 641 g/mol. The summed E-state index contributed by atoms with van der Waals surface area (Å²) >= 11 is 18.5. The maximum Gasteiger partial charge on any atom is 0.244 e. The first-order chi connectivity index (χ1) is 19.3. The molecule has 0 saturated heterocycles. The molecule has 0 fully saturated rings. The number of nitrogens with zero attached hydrogens (tertiary/aromatic N) is 2. The van der Waals surface area contributed by atoms with E-state index in [1.165, 1.54) is 41.3 Å². The average molecular weight is 643 g/mol. The van der Waals surface area contributed by atoms with Crippen LogP contribution in [0, 0.1) is 11.7 Å². The van der Waals surface area contributed by atoms with Crippen molar-refractivity contribution < 1.29 is 22.4 Å². The number of carbonyl (C=O) groups excluding carboxylic acids is 2. The Balaban J connectivity index is 2.08. The zero-order chi connectivity index (χ0) is 30.3. The van der Waals surface area contributed by atoms with Gasteiger partial charge in [-0.15, -0.1) is 0 Å². The smallest absolute Gasteiger partial charge is 0.244 e. The fourth-order valence-electron chi connectivity index (χ4n) is 4.06. The molecular formula is C29H31Cl3FN3O4S. The van der Waals surface area contributed by atoms with Gasteiger partial charge in [0.2, 0.25) is 21.8 Å². The van der Waals surface area contributed by atoms with Gasteiger partial charge in [-0.25, -0.2) is 12.8 Å². The molecule has 7 nitrogen and oxygen atoms in total. The average Bonchev–Trinajstić information content (AvgIpc) is 2.91. The molecule has 0 aliphatic rings. The van der Waals surface area contributed by atoms with Crippen molar-refractivity contribution >= 4 is 62.3 Å². The number of halogens is 4. The summed E-state index contributed by atoms with van der Waals surface area (Å²) in [6, 6.07) is 16.2. The van der Waals surface area contributed by atoms with Gasteiger partial charge in [-0.05, 0) is 41.3 Å². The summed E-state index contributed by atoms with van der Waals surface area (Å²) in [6.07, 6.45) is 1.09. The van der Waals surface area contributed by atoms with Gasteiger partial charge in [0.15, 0.2) is 0 Å². The van der Waals surface area contributed by atoms with Gasteiger partial charge in [-0.2, -0.15) is 0 Å². The van der Waals surface area contributed by atoms with Crippen LogP contribution in [0.1, 0.15) is 25.0 Å². The van der Waals surface area contributed by atoms with E-state index in [0.29, 0.717) is 12.1 Å². The Morgan fingerprint density at radius 2 is 1.51 bits per heavy atom. The van der Waals surface area contributed by atoms with Crippen LogP contribution in [0.3, 0.4) is 0 Å². The van der Waals surface area contributed by atoms with Crippen LogP contribution in [-0.2, 0) is 32.6 Å².